The molecule has 0 bridgehead atoms. The van der Waals surface area contributed by atoms with Gasteiger partial charge in [0.05, 0.1) is 18.5 Å². The van der Waals surface area contributed by atoms with Crippen LogP contribution in [0.15, 0.2) is 71.5 Å². The number of hydrogen-bond donors (Lipinski definition) is 0. The third kappa shape index (κ3) is 4.96. The zero-order chi connectivity index (χ0) is 20.1. The van der Waals surface area contributed by atoms with E-state index in [4.69, 9.17) is 9.47 Å². The van der Waals surface area contributed by atoms with E-state index in [1.54, 1.807) is 48.5 Å². The molecule has 4 aromatic rings. The van der Waals surface area contributed by atoms with Crippen molar-refractivity contribution in [3.05, 3.63) is 82.8 Å². The molecular weight excluding hydrogens is 409 g/mol. The largest absolute Gasteiger partial charge is 0.497 e. The number of aromatic nitrogens is 3. The maximum absolute atomic E-state index is 12.9. The quantitative estimate of drug-likeness (QED) is 0.355. The van der Waals surface area contributed by atoms with Crippen LogP contribution in [0.25, 0.3) is 5.69 Å². The molecule has 0 N–H and O–H groups in total. The third-order valence-corrected chi connectivity index (χ3v) is 5.93. The molecule has 2 aromatic heterocycles. The molecule has 0 aliphatic heterocycles. The second kappa shape index (κ2) is 9.11. The number of benzene rings is 2. The van der Waals surface area contributed by atoms with Gasteiger partial charge in [-0.05, 0) is 36.4 Å². The molecule has 4 rings (SSSR count). The van der Waals surface area contributed by atoms with Gasteiger partial charge in [0.15, 0.2) is 5.16 Å². The van der Waals surface area contributed by atoms with E-state index >= 15 is 0 Å². The Morgan fingerprint density at radius 2 is 2.00 bits per heavy atom. The van der Waals surface area contributed by atoms with Crippen LogP contribution in [0, 0.1) is 5.82 Å². The first-order chi connectivity index (χ1) is 14.2. The lowest BCUT2D eigenvalue weighted by molar-refractivity contribution is 0.305. The van der Waals surface area contributed by atoms with Gasteiger partial charge in [0.1, 0.15) is 28.9 Å². The number of ether oxygens (including phenoxy) is 2. The number of imidazole rings is 1. The molecule has 0 radical (unpaired) electrons. The van der Waals surface area contributed by atoms with Crippen LogP contribution >= 0.6 is 23.1 Å². The maximum atomic E-state index is 12.9. The van der Waals surface area contributed by atoms with Gasteiger partial charge >= 0.3 is 0 Å². The van der Waals surface area contributed by atoms with Crippen molar-refractivity contribution in [2.75, 3.05) is 7.11 Å². The highest BCUT2D eigenvalue weighted by Gasteiger charge is 2.09. The molecule has 8 heteroatoms. The number of halogens is 1. The van der Waals surface area contributed by atoms with Crippen molar-refractivity contribution >= 4 is 23.1 Å². The zero-order valence-electron chi connectivity index (χ0n) is 15.6. The summed E-state index contributed by atoms with van der Waals surface area (Å²) >= 11 is 3.16. The van der Waals surface area contributed by atoms with Crippen LogP contribution in [0.4, 0.5) is 4.39 Å². The van der Waals surface area contributed by atoms with Crippen LogP contribution in [0.3, 0.4) is 0 Å². The SMILES string of the molecule is COc1cccc(-n2ccnc2SCc2csc(COc3ccc(F)cc3)n2)c1. The summed E-state index contributed by atoms with van der Waals surface area (Å²) in [5, 5.41) is 3.78. The third-order valence-electron chi connectivity index (χ3n) is 4.06. The molecule has 2 heterocycles. The van der Waals surface area contributed by atoms with Crippen LogP contribution in [-0.4, -0.2) is 21.6 Å². The molecular formula is C21H18FN3O2S2. The molecule has 29 heavy (non-hydrogen) atoms. The number of rotatable bonds is 8. The Hall–Kier alpha value is -2.84. The summed E-state index contributed by atoms with van der Waals surface area (Å²) in [5.74, 6) is 1.85. The van der Waals surface area contributed by atoms with E-state index in [0.717, 1.165) is 27.3 Å². The van der Waals surface area contributed by atoms with Gasteiger partial charge in [-0.25, -0.2) is 14.4 Å². The van der Waals surface area contributed by atoms with Crippen molar-refractivity contribution in [3.8, 4) is 17.2 Å². The Morgan fingerprint density at radius 3 is 2.83 bits per heavy atom. The smallest absolute Gasteiger partial charge is 0.172 e. The van der Waals surface area contributed by atoms with Crippen LogP contribution in [0.1, 0.15) is 10.7 Å². The highest BCUT2D eigenvalue weighted by atomic mass is 32.2. The molecule has 148 valence electrons. The fourth-order valence-electron chi connectivity index (χ4n) is 2.65. The standard InChI is InChI=1S/C21H18FN3O2S2/c1-26-19-4-2-3-17(11-19)25-10-9-23-21(25)29-14-16-13-28-20(24-16)12-27-18-7-5-15(22)6-8-18/h2-11,13H,12,14H2,1H3. The Balaban J connectivity index is 1.37. The van der Waals surface area contributed by atoms with Crippen molar-refractivity contribution in [3.63, 3.8) is 0 Å². The molecule has 0 atom stereocenters. The van der Waals surface area contributed by atoms with Crippen molar-refractivity contribution in [1.29, 1.82) is 0 Å². The minimum absolute atomic E-state index is 0.279. The van der Waals surface area contributed by atoms with Gasteiger partial charge in [0, 0.05) is 29.6 Å². The van der Waals surface area contributed by atoms with E-state index in [2.05, 4.69) is 9.97 Å². The molecule has 0 fully saturated rings. The summed E-state index contributed by atoms with van der Waals surface area (Å²) in [5.41, 5.74) is 1.97. The first kappa shape index (κ1) is 19.5. The van der Waals surface area contributed by atoms with Crippen molar-refractivity contribution in [2.45, 2.75) is 17.5 Å². The summed E-state index contributed by atoms with van der Waals surface area (Å²) in [6.07, 6.45) is 3.71. The van der Waals surface area contributed by atoms with E-state index in [1.165, 1.54) is 12.1 Å². The Kier molecular flexibility index (Phi) is 6.12. The lowest BCUT2D eigenvalue weighted by Gasteiger charge is -2.08. The normalized spacial score (nSPS) is 10.8. The van der Waals surface area contributed by atoms with Crippen molar-refractivity contribution < 1.29 is 13.9 Å². The molecule has 2 aromatic carbocycles. The molecule has 0 aliphatic rings. The van der Waals surface area contributed by atoms with Crippen molar-refractivity contribution in [1.82, 2.24) is 14.5 Å². The van der Waals surface area contributed by atoms with Gasteiger partial charge in [0.25, 0.3) is 0 Å². The lowest BCUT2D eigenvalue weighted by Crippen LogP contribution is -1.97. The minimum atomic E-state index is -0.279. The average molecular weight is 428 g/mol. The molecule has 0 unspecified atom stereocenters. The molecule has 0 aliphatic carbocycles. The first-order valence-corrected chi connectivity index (χ1v) is 10.7. The Bertz CT molecular complexity index is 1080. The summed E-state index contributed by atoms with van der Waals surface area (Å²) in [6, 6.07) is 13.8. The topological polar surface area (TPSA) is 49.2 Å². The Morgan fingerprint density at radius 1 is 1.14 bits per heavy atom. The molecule has 0 saturated heterocycles. The molecule has 0 amide bonds. The number of methoxy groups -OCH3 is 1. The van der Waals surface area contributed by atoms with Crippen LogP contribution in [-0.2, 0) is 12.4 Å². The average Bonchev–Trinajstić information content (AvgIpc) is 3.41. The van der Waals surface area contributed by atoms with E-state index in [-0.39, 0.29) is 5.82 Å². The number of nitrogens with zero attached hydrogens (tertiary/aromatic N) is 3. The van der Waals surface area contributed by atoms with Gasteiger partial charge in [0.2, 0.25) is 0 Å². The summed E-state index contributed by atoms with van der Waals surface area (Å²) in [6.45, 7) is 0.361. The maximum Gasteiger partial charge on any atom is 0.172 e. The van der Waals surface area contributed by atoms with Gasteiger partial charge < -0.3 is 9.47 Å². The van der Waals surface area contributed by atoms with Gasteiger partial charge in [-0.3, -0.25) is 4.57 Å². The Labute approximate surface area is 176 Å². The van der Waals surface area contributed by atoms with Crippen LogP contribution < -0.4 is 9.47 Å². The second-order valence-electron chi connectivity index (χ2n) is 6.05. The highest BCUT2D eigenvalue weighted by Crippen LogP contribution is 2.26. The molecule has 0 spiro atoms. The summed E-state index contributed by atoms with van der Waals surface area (Å²) in [7, 11) is 1.66. The fourth-order valence-corrected chi connectivity index (χ4v) is 4.33. The fraction of sp³-hybridized carbons (Fsp3) is 0.143. The van der Waals surface area contributed by atoms with E-state index in [1.807, 2.05) is 40.4 Å². The van der Waals surface area contributed by atoms with E-state index in [9.17, 15) is 4.39 Å². The van der Waals surface area contributed by atoms with E-state index < -0.39 is 0 Å². The highest BCUT2D eigenvalue weighted by molar-refractivity contribution is 7.98. The minimum Gasteiger partial charge on any atom is -0.497 e. The van der Waals surface area contributed by atoms with Gasteiger partial charge in [-0.1, -0.05) is 17.8 Å². The van der Waals surface area contributed by atoms with Gasteiger partial charge in [-0.15, -0.1) is 11.3 Å². The molecule has 0 saturated carbocycles. The number of thiazole rings is 1. The summed E-state index contributed by atoms with van der Waals surface area (Å²) < 4.78 is 25.9. The summed E-state index contributed by atoms with van der Waals surface area (Å²) in [4.78, 5) is 9.07. The number of hydrogen-bond acceptors (Lipinski definition) is 6. The van der Waals surface area contributed by atoms with Crippen molar-refractivity contribution in [2.24, 2.45) is 0 Å². The predicted molar refractivity (Wildman–Crippen MR) is 113 cm³/mol. The van der Waals surface area contributed by atoms with Crippen LogP contribution in [0.2, 0.25) is 0 Å². The second-order valence-corrected chi connectivity index (χ2v) is 7.93. The monoisotopic (exact) mass is 427 g/mol. The first-order valence-electron chi connectivity index (χ1n) is 8.83. The van der Waals surface area contributed by atoms with Crippen LogP contribution in [0.5, 0.6) is 11.5 Å². The lowest BCUT2D eigenvalue weighted by atomic mass is 10.3. The van der Waals surface area contributed by atoms with Gasteiger partial charge in [-0.2, -0.15) is 0 Å². The number of thioether (sulfide) groups is 1. The molecule has 5 nitrogen and oxygen atoms in total. The zero-order valence-corrected chi connectivity index (χ0v) is 17.3. The van der Waals surface area contributed by atoms with E-state index in [0.29, 0.717) is 18.1 Å². The predicted octanol–water partition coefficient (Wildman–Crippen LogP) is 5.35.